The minimum atomic E-state index is -0.241. The van der Waals surface area contributed by atoms with Gasteiger partial charge in [-0.3, -0.25) is 4.79 Å². The number of nitrogens with one attached hydrogen (secondary N) is 1. The number of carbonyl (C=O) groups is 1. The van der Waals surface area contributed by atoms with E-state index in [0.717, 1.165) is 5.69 Å². The van der Waals surface area contributed by atoms with E-state index in [-0.39, 0.29) is 25.1 Å². The summed E-state index contributed by atoms with van der Waals surface area (Å²) in [6, 6.07) is 5.25. The third-order valence-corrected chi connectivity index (χ3v) is 3.09. The molecular formula is C13H18N2O4. The first-order valence-corrected chi connectivity index (χ1v) is 6.05. The summed E-state index contributed by atoms with van der Waals surface area (Å²) >= 11 is 0. The van der Waals surface area contributed by atoms with Crippen LogP contribution < -0.4 is 19.7 Å². The number of hydrogen-bond acceptors (Lipinski definition) is 5. The van der Waals surface area contributed by atoms with Crippen molar-refractivity contribution in [2.24, 2.45) is 0 Å². The van der Waals surface area contributed by atoms with E-state index in [9.17, 15) is 9.90 Å². The van der Waals surface area contributed by atoms with Crippen molar-refractivity contribution in [3.8, 4) is 11.5 Å². The van der Waals surface area contributed by atoms with Crippen molar-refractivity contribution in [2.75, 3.05) is 38.8 Å². The van der Waals surface area contributed by atoms with Gasteiger partial charge in [0.15, 0.2) is 11.5 Å². The smallest absolute Gasteiger partial charge is 0.239 e. The molecule has 1 aliphatic rings. The first-order chi connectivity index (χ1) is 9.17. The first-order valence-electron chi connectivity index (χ1n) is 6.05. The lowest BCUT2D eigenvalue weighted by Gasteiger charge is -2.33. The summed E-state index contributed by atoms with van der Waals surface area (Å²) in [5.74, 6) is 1.16. The summed E-state index contributed by atoms with van der Waals surface area (Å²) in [5, 5.41) is 11.9. The topological polar surface area (TPSA) is 71.0 Å². The maximum Gasteiger partial charge on any atom is 0.239 e. The summed E-state index contributed by atoms with van der Waals surface area (Å²) < 4.78 is 10.4. The largest absolute Gasteiger partial charge is 0.493 e. The second-order valence-electron chi connectivity index (χ2n) is 4.37. The minimum absolute atomic E-state index is 0.0739. The summed E-state index contributed by atoms with van der Waals surface area (Å²) in [4.78, 5) is 13.5. The van der Waals surface area contributed by atoms with Crippen LogP contribution in [-0.4, -0.2) is 51.0 Å². The molecule has 6 heteroatoms. The Kier molecular flexibility index (Phi) is 4.11. The number of aliphatic hydroxyl groups excluding tert-OH is 1. The number of anilines is 1. The average Bonchev–Trinajstić information content (AvgIpc) is 2.45. The third kappa shape index (κ3) is 2.90. The molecular weight excluding hydrogens is 248 g/mol. The van der Waals surface area contributed by atoms with Gasteiger partial charge in [0.1, 0.15) is 0 Å². The monoisotopic (exact) mass is 266 g/mol. The zero-order chi connectivity index (χ0) is 13.8. The van der Waals surface area contributed by atoms with Crippen LogP contribution in [0.15, 0.2) is 18.2 Å². The molecule has 0 aromatic heterocycles. The van der Waals surface area contributed by atoms with Gasteiger partial charge >= 0.3 is 0 Å². The lowest BCUT2D eigenvalue weighted by Crippen LogP contribution is -2.55. The van der Waals surface area contributed by atoms with Gasteiger partial charge in [-0.15, -0.1) is 0 Å². The fourth-order valence-corrected chi connectivity index (χ4v) is 2.14. The van der Waals surface area contributed by atoms with Crippen molar-refractivity contribution in [3.05, 3.63) is 18.2 Å². The number of amides is 1. The lowest BCUT2D eigenvalue weighted by atomic mass is 10.1. The standard InChI is InChI=1S/C13H18N2O4/c1-18-11-4-3-10(5-12(11)19-2)15-6-9(8-16)14-13(17)7-15/h3-5,9,16H,6-8H2,1-2H3,(H,14,17). The van der Waals surface area contributed by atoms with E-state index in [4.69, 9.17) is 9.47 Å². The number of carbonyl (C=O) groups excluding carboxylic acids is 1. The van der Waals surface area contributed by atoms with E-state index < -0.39 is 0 Å². The zero-order valence-corrected chi connectivity index (χ0v) is 11.0. The summed E-state index contributed by atoms with van der Waals surface area (Å²) in [7, 11) is 3.15. The molecule has 0 bridgehead atoms. The van der Waals surface area contributed by atoms with Crippen molar-refractivity contribution in [2.45, 2.75) is 6.04 Å². The predicted octanol–water partition coefficient (Wildman–Crippen LogP) is 0.000900. The number of methoxy groups -OCH3 is 2. The van der Waals surface area contributed by atoms with Crippen LogP contribution in [0.25, 0.3) is 0 Å². The molecule has 1 fully saturated rings. The van der Waals surface area contributed by atoms with Gasteiger partial charge < -0.3 is 24.8 Å². The molecule has 6 nitrogen and oxygen atoms in total. The van der Waals surface area contributed by atoms with Crippen LogP contribution in [0.1, 0.15) is 0 Å². The highest BCUT2D eigenvalue weighted by Crippen LogP contribution is 2.31. The number of hydrogen-bond donors (Lipinski definition) is 2. The lowest BCUT2D eigenvalue weighted by molar-refractivity contribution is -0.121. The molecule has 1 aromatic carbocycles. The second kappa shape index (κ2) is 5.79. The molecule has 1 aliphatic heterocycles. The number of ether oxygens (including phenoxy) is 2. The molecule has 0 radical (unpaired) electrons. The fourth-order valence-electron chi connectivity index (χ4n) is 2.14. The summed E-state index contributed by atoms with van der Waals surface area (Å²) in [6.45, 7) is 0.763. The van der Waals surface area contributed by atoms with E-state index in [0.29, 0.717) is 18.0 Å². The van der Waals surface area contributed by atoms with Crippen molar-refractivity contribution in [1.29, 1.82) is 0 Å². The number of aliphatic hydroxyl groups is 1. The first kappa shape index (κ1) is 13.5. The number of benzene rings is 1. The van der Waals surface area contributed by atoms with Crippen LogP contribution >= 0.6 is 0 Å². The van der Waals surface area contributed by atoms with Crippen molar-refractivity contribution in [3.63, 3.8) is 0 Å². The van der Waals surface area contributed by atoms with Gasteiger partial charge in [0, 0.05) is 18.3 Å². The number of nitrogens with zero attached hydrogens (tertiary/aromatic N) is 1. The number of piperazine rings is 1. The highest BCUT2D eigenvalue weighted by atomic mass is 16.5. The van der Waals surface area contributed by atoms with E-state index in [1.54, 1.807) is 20.3 Å². The molecule has 2 N–H and O–H groups in total. The van der Waals surface area contributed by atoms with Gasteiger partial charge in [-0.2, -0.15) is 0 Å². The molecule has 0 saturated carbocycles. The molecule has 1 saturated heterocycles. The van der Waals surface area contributed by atoms with Gasteiger partial charge in [0.05, 0.1) is 33.4 Å². The van der Waals surface area contributed by atoms with Gasteiger partial charge in [0.25, 0.3) is 0 Å². The Balaban J connectivity index is 2.23. The van der Waals surface area contributed by atoms with E-state index in [1.165, 1.54) is 0 Å². The van der Waals surface area contributed by atoms with E-state index in [1.807, 2.05) is 17.0 Å². The molecule has 1 aromatic rings. The van der Waals surface area contributed by atoms with E-state index >= 15 is 0 Å². The van der Waals surface area contributed by atoms with Crippen LogP contribution in [0.5, 0.6) is 11.5 Å². The molecule has 1 atom stereocenters. The van der Waals surface area contributed by atoms with Crippen LogP contribution in [0, 0.1) is 0 Å². The van der Waals surface area contributed by atoms with Crippen molar-refractivity contribution >= 4 is 11.6 Å². The quantitative estimate of drug-likeness (QED) is 0.803. The molecule has 104 valence electrons. The van der Waals surface area contributed by atoms with Crippen molar-refractivity contribution in [1.82, 2.24) is 5.32 Å². The second-order valence-corrected chi connectivity index (χ2v) is 4.37. The van der Waals surface area contributed by atoms with Gasteiger partial charge in [-0.25, -0.2) is 0 Å². The summed E-state index contributed by atoms with van der Waals surface area (Å²) in [5.41, 5.74) is 0.867. The fraction of sp³-hybridized carbons (Fsp3) is 0.462. The van der Waals surface area contributed by atoms with Gasteiger partial charge in [-0.1, -0.05) is 0 Å². The van der Waals surface area contributed by atoms with Gasteiger partial charge in [-0.05, 0) is 12.1 Å². The normalized spacial score (nSPS) is 19.0. The van der Waals surface area contributed by atoms with Crippen LogP contribution in [0.3, 0.4) is 0 Å². The Hall–Kier alpha value is -1.95. The zero-order valence-electron chi connectivity index (χ0n) is 11.0. The van der Waals surface area contributed by atoms with Gasteiger partial charge in [0.2, 0.25) is 5.91 Å². The molecule has 0 aliphatic carbocycles. The Bertz CT molecular complexity index is 464. The predicted molar refractivity (Wildman–Crippen MR) is 70.8 cm³/mol. The van der Waals surface area contributed by atoms with Crippen molar-refractivity contribution < 1.29 is 19.4 Å². The molecule has 1 amide bonds. The molecule has 1 heterocycles. The molecule has 19 heavy (non-hydrogen) atoms. The SMILES string of the molecule is COc1ccc(N2CC(=O)NC(CO)C2)cc1OC. The molecule has 1 unspecified atom stereocenters. The maximum absolute atomic E-state index is 11.6. The van der Waals surface area contributed by atoms with E-state index in [2.05, 4.69) is 5.32 Å². The Morgan fingerprint density at radius 2 is 2.11 bits per heavy atom. The number of rotatable bonds is 4. The Morgan fingerprint density at radius 3 is 2.74 bits per heavy atom. The van der Waals surface area contributed by atoms with Crippen LogP contribution in [0.2, 0.25) is 0 Å². The molecule has 2 rings (SSSR count). The third-order valence-electron chi connectivity index (χ3n) is 3.09. The summed E-state index contributed by atoms with van der Waals surface area (Å²) in [6.07, 6.45) is 0. The average molecular weight is 266 g/mol. The Labute approximate surface area is 111 Å². The highest BCUT2D eigenvalue weighted by molar-refractivity contribution is 5.83. The maximum atomic E-state index is 11.6. The molecule has 0 spiro atoms. The minimum Gasteiger partial charge on any atom is -0.493 e. The Morgan fingerprint density at radius 1 is 1.37 bits per heavy atom. The van der Waals surface area contributed by atoms with Crippen LogP contribution in [0.4, 0.5) is 5.69 Å². The van der Waals surface area contributed by atoms with Crippen LogP contribution in [-0.2, 0) is 4.79 Å². The highest BCUT2D eigenvalue weighted by Gasteiger charge is 2.24.